The van der Waals surface area contributed by atoms with Crippen molar-refractivity contribution >= 4 is 18.0 Å². The molecule has 0 bridgehead atoms. The van der Waals surface area contributed by atoms with Crippen molar-refractivity contribution in [1.29, 1.82) is 0 Å². The predicted octanol–water partition coefficient (Wildman–Crippen LogP) is 2.96. The van der Waals surface area contributed by atoms with Gasteiger partial charge in [0.05, 0.1) is 6.61 Å². The van der Waals surface area contributed by atoms with Crippen LogP contribution in [0.4, 0.5) is 4.79 Å². The van der Waals surface area contributed by atoms with E-state index in [1.165, 1.54) is 4.90 Å². The average molecular weight is 490 g/mol. The molecule has 0 radical (unpaired) electrons. The minimum absolute atomic E-state index is 0.0863. The van der Waals surface area contributed by atoms with Crippen molar-refractivity contribution in [3.8, 4) is 11.1 Å². The van der Waals surface area contributed by atoms with Crippen molar-refractivity contribution in [3.63, 3.8) is 0 Å². The van der Waals surface area contributed by atoms with Gasteiger partial charge in [0.1, 0.15) is 18.2 Å². The van der Waals surface area contributed by atoms with E-state index < -0.39 is 29.6 Å². The first kappa shape index (κ1) is 24.1. The highest BCUT2D eigenvalue weighted by Gasteiger charge is 2.62. The molecule has 1 aliphatic heterocycles. The molecule has 8 nitrogen and oxygen atoms in total. The van der Waals surface area contributed by atoms with Crippen LogP contribution >= 0.6 is 0 Å². The Hall–Kier alpha value is -3.65. The number of nitrogens with zero attached hydrogens (tertiary/aromatic N) is 1. The molecule has 4 unspecified atom stereocenters. The number of nitrogens with two attached hydrogens (primary N) is 1. The van der Waals surface area contributed by atoms with E-state index in [9.17, 15) is 14.4 Å². The molecule has 1 saturated carbocycles. The third kappa shape index (κ3) is 4.05. The normalized spacial score (nSPS) is 26.1. The summed E-state index contributed by atoms with van der Waals surface area (Å²) in [6, 6.07) is 15.0. The van der Waals surface area contributed by atoms with Gasteiger partial charge in [-0.25, -0.2) is 9.59 Å². The van der Waals surface area contributed by atoms with E-state index in [1.54, 1.807) is 13.0 Å². The molecule has 0 spiro atoms. The largest absolute Gasteiger partial charge is 0.464 e. The van der Waals surface area contributed by atoms with Crippen LogP contribution in [0.5, 0.6) is 0 Å². The number of fused-ring (bicyclic) bond motifs is 3. The van der Waals surface area contributed by atoms with Crippen LogP contribution in [0.15, 0.2) is 61.2 Å². The lowest BCUT2D eigenvalue weighted by atomic mass is 9.98. The van der Waals surface area contributed by atoms with Gasteiger partial charge in [-0.05, 0) is 42.0 Å². The fraction of sp³-hybridized carbons (Fsp3) is 0.393. The maximum absolute atomic E-state index is 13.3. The molecule has 2 aromatic rings. The molecule has 3 aliphatic rings. The zero-order chi connectivity index (χ0) is 25.4. The molecule has 36 heavy (non-hydrogen) atoms. The van der Waals surface area contributed by atoms with Gasteiger partial charge in [0, 0.05) is 24.4 Å². The molecule has 2 amide bonds. The van der Waals surface area contributed by atoms with Gasteiger partial charge in [0.2, 0.25) is 5.91 Å². The number of esters is 1. The molecule has 2 aromatic carbocycles. The summed E-state index contributed by atoms with van der Waals surface area (Å²) in [7, 11) is 0. The van der Waals surface area contributed by atoms with Crippen LogP contribution in [0.2, 0.25) is 0 Å². The molecule has 8 heteroatoms. The van der Waals surface area contributed by atoms with Gasteiger partial charge in [-0.2, -0.15) is 0 Å². The summed E-state index contributed by atoms with van der Waals surface area (Å²) in [5.74, 6) is -1.22. The number of hydrogen-bond donors (Lipinski definition) is 2. The maximum atomic E-state index is 13.3. The Labute approximate surface area is 210 Å². The highest BCUT2D eigenvalue weighted by molar-refractivity contribution is 5.95. The summed E-state index contributed by atoms with van der Waals surface area (Å²) in [6.07, 6.45) is 1.76. The Balaban J connectivity index is 1.29. The molecular formula is C28H31N3O5. The van der Waals surface area contributed by atoms with Gasteiger partial charge in [0.15, 0.2) is 0 Å². The van der Waals surface area contributed by atoms with E-state index in [0.29, 0.717) is 6.42 Å². The Morgan fingerprint density at radius 2 is 1.75 bits per heavy atom. The van der Waals surface area contributed by atoms with Crippen molar-refractivity contribution in [3.05, 3.63) is 72.3 Å². The Morgan fingerprint density at radius 3 is 2.33 bits per heavy atom. The summed E-state index contributed by atoms with van der Waals surface area (Å²) in [4.78, 5) is 40.4. The number of amides is 2. The first-order valence-corrected chi connectivity index (χ1v) is 12.4. The first-order chi connectivity index (χ1) is 17.4. The maximum Gasteiger partial charge on any atom is 0.410 e. The summed E-state index contributed by atoms with van der Waals surface area (Å²) in [5.41, 5.74) is 9.51. The van der Waals surface area contributed by atoms with Gasteiger partial charge in [0.25, 0.3) is 0 Å². The number of ether oxygens (including phenoxy) is 2. The zero-order valence-electron chi connectivity index (χ0n) is 20.3. The molecule has 1 heterocycles. The minimum atomic E-state index is -1.13. The van der Waals surface area contributed by atoms with Crippen LogP contribution in [0.25, 0.3) is 11.1 Å². The zero-order valence-corrected chi connectivity index (χ0v) is 20.3. The Kier molecular flexibility index (Phi) is 6.30. The third-order valence-corrected chi connectivity index (χ3v) is 7.49. The molecule has 5 rings (SSSR count). The molecule has 188 valence electrons. The summed E-state index contributed by atoms with van der Waals surface area (Å²) < 4.78 is 11.0. The second-order valence-corrected chi connectivity index (χ2v) is 9.70. The van der Waals surface area contributed by atoms with Crippen molar-refractivity contribution in [1.82, 2.24) is 10.2 Å². The van der Waals surface area contributed by atoms with Gasteiger partial charge >= 0.3 is 12.1 Å². The SMILES string of the molecule is C=CC1CC1(NC(=O)C1CC(N)CN1C(=O)OCC1c2ccccc2-c2ccccc21)C(=O)OCC. The molecule has 2 aliphatic carbocycles. The van der Waals surface area contributed by atoms with Gasteiger partial charge in [-0.3, -0.25) is 9.69 Å². The lowest BCUT2D eigenvalue weighted by Crippen LogP contribution is -2.53. The molecule has 3 N–H and O–H groups in total. The van der Waals surface area contributed by atoms with Crippen LogP contribution in [-0.2, 0) is 19.1 Å². The second-order valence-electron chi connectivity index (χ2n) is 9.70. The number of carbonyl (C=O) groups is 3. The van der Waals surface area contributed by atoms with Gasteiger partial charge in [-0.15, -0.1) is 6.58 Å². The van der Waals surface area contributed by atoms with E-state index in [0.717, 1.165) is 22.3 Å². The minimum Gasteiger partial charge on any atom is -0.464 e. The fourth-order valence-electron chi connectivity index (χ4n) is 5.56. The standard InChI is InChI=1S/C28H31N3O5/c1-3-17-14-28(17,26(33)35-4-2)30-25(32)24-13-18(29)15-31(24)27(34)36-16-23-21-11-7-5-9-19(21)20-10-6-8-12-22(20)23/h3,5-12,17-18,23-24H,1,4,13-16,29H2,2H3,(H,30,32). The predicted molar refractivity (Wildman–Crippen MR) is 134 cm³/mol. The van der Waals surface area contributed by atoms with Gasteiger partial charge < -0.3 is 20.5 Å². The number of likely N-dealkylation sites (tertiary alicyclic amines) is 1. The monoisotopic (exact) mass is 489 g/mol. The van der Waals surface area contributed by atoms with Crippen LogP contribution in [0.1, 0.15) is 36.8 Å². The first-order valence-electron chi connectivity index (χ1n) is 12.4. The van der Waals surface area contributed by atoms with Crippen LogP contribution in [-0.4, -0.2) is 60.3 Å². The second kappa shape index (κ2) is 9.43. The number of rotatable bonds is 7. The van der Waals surface area contributed by atoms with E-state index >= 15 is 0 Å². The molecule has 1 saturated heterocycles. The van der Waals surface area contributed by atoms with E-state index in [1.807, 2.05) is 24.3 Å². The molecular weight excluding hydrogens is 458 g/mol. The Bertz CT molecular complexity index is 1170. The van der Waals surface area contributed by atoms with E-state index in [2.05, 4.69) is 36.2 Å². The Morgan fingerprint density at radius 1 is 1.11 bits per heavy atom. The van der Waals surface area contributed by atoms with Crippen LogP contribution < -0.4 is 11.1 Å². The van der Waals surface area contributed by atoms with Crippen molar-refractivity contribution in [2.24, 2.45) is 11.7 Å². The van der Waals surface area contributed by atoms with Crippen LogP contribution in [0, 0.1) is 5.92 Å². The van der Waals surface area contributed by atoms with Gasteiger partial charge in [-0.1, -0.05) is 54.6 Å². The van der Waals surface area contributed by atoms with Crippen molar-refractivity contribution in [2.75, 3.05) is 19.8 Å². The number of hydrogen-bond acceptors (Lipinski definition) is 6. The van der Waals surface area contributed by atoms with Crippen LogP contribution in [0.3, 0.4) is 0 Å². The fourth-order valence-corrected chi connectivity index (χ4v) is 5.56. The quantitative estimate of drug-likeness (QED) is 0.457. The number of carbonyl (C=O) groups excluding carboxylic acids is 3. The molecule has 2 fully saturated rings. The lowest BCUT2D eigenvalue weighted by molar-refractivity contribution is -0.149. The highest BCUT2D eigenvalue weighted by Crippen LogP contribution is 2.46. The number of benzene rings is 2. The topological polar surface area (TPSA) is 111 Å². The summed E-state index contributed by atoms with van der Waals surface area (Å²) in [5, 5.41) is 2.83. The van der Waals surface area contributed by atoms with Crippen molar-refractivity contribution in [2.45, 2.75) is 43.3 Å². The average Bonchev–Trinajstić information content (AvgIpc) is 3.31. The molecule has 4 atom stereocenters. The highest BCUT2D eigenvalue weighted by atomic mass is 16.6. The van der Waals surface area contributed by atoms with E-state index in [-0.39, 0.29) is 44.1 Å². The lowest BCUT2D eigenvalue weighted by Gasteiger charge is -2.26. The smallest absolute Gasteiger partial charge is 0.410 e. The van der Waals surface area contributed by atoms with Crippen molar-refractivity contribution < 1.29 is 23.9 Å². The number of nitrogens with one attached hydrogen (secondary N) is 1. The summed E-state index contributed by atoms with van der Waals surface area (Å²) >= 11 is 0. The molecule has 0 aromatic heterocycles. The third-order valence-electron chi connectivity index (χ3n) is 7.49. The van der Waals surface area contributed by atoms with E-state index in [4.69, 9.17) is 15.2 Å². The summed E-state index contributed by atoms with van der Waals surface area (Å²) in [6.45, 7) is 6.03.